The van der Waals surface area contributed by atoms with Gasteiger partial charge in [-0.15, -0.1) is 0 Å². The van der Waals surface area contributed by atoms with Crippen molar-refractivity contribution in [3.63, 3.8) is 0 Å². The van der Waals surface area contributed by atoms with Crippen molar-refractivity contribution in [1.82, 2.24) is 0 Å². The largest absolute Gasteiger partial charge is 0.379 e. The van der Waals surface area contributed by atoms with E-state index in [1.54, 1.807) is 0 Å². The molecule has 88 valence electrons. The van der Waals surface area contributed by atoms with Crippen molar-refractivity contribution in [1.29, 1.82) is 0 Å². The van der Waals surface area contributed by atoms with E-state index in [0.717, 1.165) is 19.4 Å². The Bertz CT molecular complexity index is 224. The molecule has 1 aliphatic carbocycles. The predicted molar refractivity (Wildman–Crippen MR) is 66.3 cm³/mol. The van der Waals surface area contributed by atoms with Gasteiger partial charge in [-0.2, -0.15) is 0 Å². The molecule has 0 aromatic rings. The summed E-state index contributed by atoms with van der Waals surface area (Å²) in [5, 5.41) is 0. The van der Waals surface area contributed by atoms with Crippen molar-refractivity contribution >= 4 is 15.9 Å². The van der Waals surface area contributed by atoms with Crippen LogP contribution in [0.15, 0.2) is 10.6 Å². The molecular weight excluding hydrogens is 256 g/mol. The fourth-order valence-corrected chi connectivity index (χ4v) is 2.96. The van der Waals surface area contributed by atoms with Crippen LogP contribution in [0.4, 0.5) is 0 Å². The van der Waals surface area contributed by atoms with Gasteiger partial charge in [0.1, 0.15) is 0 Å². The van der Waals surface area contributed by atoms with E-state index in [9.17, 15) is 0 Å². The summed E-state index contributed by atoms with van der Waals surface area (Å²) in [6, 6.07) is 0. The second-order valence-corrected chi connectivity index (χ2v) is 5.78. The molecule has 0 radical (unpaired) electrons. The van der Waals surface area contributed by atoms with Crippen molar-refractivity contribution in [2.24, 2.45) is 5.41 Å². The molecule has 0 aromatic heterocycles. The monoisotopic (exact) mass is 276 g/mol. The number of halogens is 1. The molecular formula is C12H21BrO2. The molecule has 1 unspecified atom stereocenters. The lowest BCUT2D eigenvalue weighted by Crippen LogP contribution is -2.27. The molecule has 0 saturated heterocycles. The molecule has 1 atom stereocenters. The normalized spacial score (nSPS) is 25.1. The highest BCUT2D eigenvalue weighted by Gasteiger charge is 2.28. The third-order valence-corrected chi connectivity index (χ3v) is 3.08. The van der Waals surface area contributed by atoms with E-state index in [2.05, 4.69) is 35.9 Å². The van der Waals surface area contributed by atoms with Crippen LogP contribution < -0.4 is 0 Å². The van der Waals surface area contributed by atoms with Crippen molar-refractivity contribution in [2.75, 3.05) is 19.8 Å². The van der Waals surface area contributed by atoms with Gasteiger partial charge < -0.3 is 9.47 Å². The Balaban J connectivity index is 2.32. The highest BCUT2D eigenvalue weighted by Crippen LogP contribution is 2.38. The molecule has 0 fully saturated rings. The minimum Gasteiger partial charge on any atom is -0.379 e. The Morgan fingerprint density at radius 1 is 1.47 bits per heavy atom. The third-order valence-electron chi connectivity index (χ3n) is 2.53. The zero-order chi connectivity index (χ0) is 11.3. The maximum absolute atomic E-state index is 5.76. The number of hydrogen-bond acceptors (Lipinski definition) is 2. The van der Waals surface area contributed by atoms with Crippen LogP contribution in [-0.2, 0) is 9.47 Å². The molecule has 0 N–H and O–H groups in total. The van der Waals surface area contributed by atoms with Crippen LogP contribution in [0.3, 0.4) is 0 Å². The van der Waals surface area contributed by atoms with Gasteiger partial charge in [0.15, 0.2) is 0 Å². The van der Waals surface area contributed by atoms with Crippen molar-refractivity contribution in [2.45, 2.75) is 39.7 Å². The maximum atomic E-state index is 5.76. The standard InChI is InChI=1S/C12H21BrO2/c1-4-14-5-6-15-11-7-10(13)8-12(2,3)9-11/h7,11H,4-6,8-9H2,1-3H3. The first-order valence-electron chi connectivity index (χ1n) is 5.59. The van der Waals surface area contributed by atoms with Crippen LogP contribution in [0.1, 0.15) is 33.6 Å². The highest BCUT2D eigenvalue weighted by molar-refractivity contribution is 9.11. The molecule has 0 saturated carbocycles. The van der Waals surface area contributed by atoms with E-state index in [4.69, 9.17) is 9.47 Å². The van der Waals surface area contributed by atoms with Gasteiger partial charge in [-0.05, 0) is 35.7 Å². The van der Waals surface area contributed by atoms with Crippen LogP contribution in [-0.4, -0.2) is 25.9 Å². The summed E-state index contributed by atoms with van der Waals surface area (Å²) in [7, 11) is 0. The van der Waals surface area contributed by atoms with Crippen LogP contribution in [0.2, 0.25) is 0 Å². The van der Waals surface area contributed by atoms with Gasteiger partial charge >= 0.3 is 0 Å². The third kappa shape index (κ3) is 5.14. The second-order valence-electron chi connectivity index (χ2n) is 4.76. The fraction of sp³-hybridized carbons (Fsp3) is 0.833. The summed E-state index contributed by atoms with van der Waals surface area (Å²) < 4.78 is 12.3. The lowest BCUT2D eigenvalue weighted by atomic mass is 9.80. The lowest BCUT2D eigenvalue weighted by molar-refractivity contribution is 0.00663. The zero-order valence-corrected chi connectivity index (χ0v) is 11.5. The van der Waals surface area contributed by atoms with E-state index in [-0.39, 0.29) is 6.10 Å². The molecule has 0 amide bonds. The van der Waals surface area contributed by atoms with Gasteiger partial charge in [-0.1, -0.05) is 29.8 Å². The van der Waals surface area contributed by atoms with Gasteiger partial charge in [0.2, 0.25) is 0 Å². The lowest BCUT2D eigenvalue weighted by Gasteiger charge is -2.32. The summed E-state index contributed by atoms with van der Waals surface area (Å²) in [6.45, 7) is 8.70. The van der Waals surface area contributed by atoms with Crippen molar-refractivity contribution in [3.05, 3.63) is 10.6 Å². The molecule has 2 nitrogen and oxygen atoms in total. The van der Waals surface area contributed by atoms with E-state index in [1.165, 1.54) is 4.48 Å². The maximum Gasteiger partial charge on any atom is 0.0772 e. The highest BCUT2D eigenvalue weighted by atomic mass is 79.9. The average Bonchev–Trinajstić information content (AvgIpc) is 2.09. The first-order chi connectivity index (χ1) is 7.03. The average molecular weight is 277 g/mol. The summed E-state index contributed by atoms with van der Waals surface area (Å²) in [5.74, 6) is 0. The van der Waals surface area contributed by atoms with Crippen LogP contribution in [0, 0.1) is 5.41 Å². The first kappa shape index (κ1) is 13.2. The molecule has 3 heteroatoms. The van der Waals surface area contributed by atoms with Gasteiger partial charge in [0.05, 0.1) is 19.3 Å². The molecule has 0 heterocycles. The van der Waals surface area contributed by atoms with Gasteiger partial charge in [-0.25, -0.2) is 0 Å². The molecule has 0 spiro atoms. The van der Waals surface area contributed by atoms with Crippen molar-refractivity contribution < 1.29 is 9.47 Å². The summed E-state index contributed by atoms with van der Waals surface area (Å²) >= 11 is 3.58. The van der Waals surface area contributed by atoms with E-state index >= 15 is 0 Å². The molecule has 0 bridgehead atoms. The van der Waals surface area contributed by atoms with E-state index < -0.39 is 0 Å². The Kier molecular flexibility index (Phi) is 5.30. The fourth-order valence-electron chi connectivity index (χ4n) is 1.90. The second kappa shape index (κ2) is 6.02. The Morgan fingerprint density at radius 2 is 2.20 bits per heavy atom. The first-order valence-corrected chi connectivity index (χ1v) is 6.38. The Morgan fingerprint density at radius 3 is 2.80 bits per heavy atom. The molecule has 1 rings (SSSR count). The number of hydrogen-bond donors (Lipinski definition) is 0. The Labute approximate surface area is 101 Å². The summed E-state index contributed by atoms with van der Waals surface area (Å²) in [6.07, 6.45) is 4.62. The van der Waals surface area contributed by atoms with Gasteiger partial charge in [-0.3, -0.25) is 0 Å². The summed E-state index contributed by atoms with van der Waals surface area (Å²) in [5.41, 5.74) is 0.337. The van der Waals surface area contributed by atoms with E-state index in [0.29, 0.717) is 18.6 Å². The Hall–Kier alpha value is 0.140. The van der Waals surface area contributed by atoms with Crippen LogP contribution in [0.25, 0.3) is 0 Å². The number of allylic oxidation sites excluding steroid dienone is 1. The smallest absolute Gasteiger partial charge is 0.0772 e. The quantitative estimate of drug-likeness (QED) is 0.716. The molecule has 0 aliphatic heterocycles. The minimum absolute atomic E-state index is 0.239. The summed E-state index contributed by atoms with van der Waals surface area (Å²) in [4.78, 5) is 0. The number of rotatable bonds is 5. The van der Waals surface area contributed by atoms with E-state index in [1.807, 2.05) is 6.92 Å². The molecule has 1 aliphatic rings. The van der Waals surface area contributed by atoms with Crippen LogP contribution in [0.5, 0.6) is 0 Å². The molecule has 0 aromatic carbocycles. The van der Waals surface area contributed by atoms with Gasteiger partial charge in [0, 0.05) is 6.61 Å². The van der Waals surface area contributed by atoms with Gasteiger partial charge in [0.25, 0.3) is 0 Å². The topological polar surface area (TPSA) is 18.5 Å². The zero-order valence-electron chi connectivity index (χ0n) is 9.88. The predicted octanol–water partition coefficient (Wildman–Crippen LogP) is 3.51. The SMILES string of the molecule is CCOCCOC1C=C(Br)CC(C)(C)C1. The van der Waals surface area contributed by atoms with Crippen LogP contribution >= 0.6 is 15.9 Å². The number of ether oxygens (including phenoxy) is 2. The molecule has 15 heavy (non-hydrogen) atoms. The minimum atomic E-state index is 0.239. The van der Waals surface area contributed by atoms with Crippen molar-refractivity contribution in [3.8, 4) is 0 Å².